The number of nitrogens with one attached hydrogen (secondary N) is 1. The molecule has 8 nitrogen and oxygen atoms in total. The van der Waals surface area contributed by atoms with Crippen LogP contribution in [0.2, 0.25) is 0 Å². The lowest BCUT2D eigenvalue weighted by atomic mass is 10.1. The first kappa shape index (κ1) is 19.9. The number of carbonyl (C=O) groups is 1. The molecule has 1 N–H and O–H groups in total. The summed E-state index contributed by atoms with van der Waals surface area (Å²) in [7, 11) is 0. The van der Waals surface area contributed by atoms with Gasteiger partial charge in [-0.25, -0.2) is 14.5 Å². The van der Waals surface area contributed by atoms with Crippen molar-refractivity contribution in [1.82, 2.24) is 19.3 Å². The van der Waals surface area contributed by atoms with Crippen LogP contribution in [0.1, 0.15) is 36.2 Å². The average Bonchev–Trinajstić information content (AvgIpc) is 2.88. The second kappa shape index (κ2) is 8.52. The molecule has 1 aliphatic rings. The number of anilines is 1. The Morgan fingerprint density at radius 2 is 2.00 bits per heavy atom. The summed E-state index contributed by atoms with van der Waals surface area (Å²) >= 11 is 0. The molecular formula is C22H25N5O3. The van der Waals surface area contributed by atoms with Gasteiger partial charge >= 0.3 is 5.69 Å². The predicted molar refractivity (Wildman–Crippen MR) is 113 cm³/mol. The van der Waals surface area contributed by atoms with E-state index in [1.165, 1.54) is 16.4 Å². The van der Waals surface area contributed by atoms with Crippen LogP contribution in [0, 0.1) is 13.8 Å². The molecule has 0 spiro atoms. The van der Waals surface area contributed by atoms with Gasteiger partial charge in [0.25, 0.3) is 0 Å². The summed E-state index contributed by atoms with van der Waals surface area (Å²) in [6.45, 7) is 4.61. The Labute approximate surface area is 174 Å². The quantitative estimate of drug-likeness (QED) is 0.701. The van der Waals surface area contributed by atoms with E-state index in [1.807, 2.05) is 32.0 Å². The fourth-order valence-corrected chi connectivity index (χ4v) is 3.48. The molecule has 3 aromatic rings. The van der Waals surface area contributed by atoms with Crippen molar-refractivity contribution in [2.45, 2.75) is 52.6 Å². The van der Waals surface area contributed by atoms with Crippen molar-refractivity contribution in [3.8, 4) is 11.6 Å². The molecule has 3 heterocycles. The Hall–Kier alpha value is -3.42. The molecule has 30 heavy (non-hydrogen) atoms. The first-order valence-corrected chi connectivity index (χ1v) is 10.2. The molecule has 0 atom stereocenters. The highest BCUT2D eigenvalue weighted by atomic mass is 16.5. The Bertz CT molecular complexity index is 1110. The second-order valence-corrected chi connectivity index (χ2v) is 7.60. The Kier molecular flexibility index (Phi) is 5.65. The Balaban J connectivity index is 1.38. The van der Waals surface area contributed by atoms with Gasteiger partial charge in [0.1, 0.15) is 18.1 Å². The predicted octanol–water partition coefficient (Wildman–Crippen LogP) is 3.21. The van der Waals surface area contributed by atoms with Gasteiger partial charge in [0, 0.05) is 19.0 Å². The first-order valence-electron chi connectivity index (χ1n) is 10.2. The van der Waals surface area contributed by atoms with Crippen LogP contribution in [0.4, 0.5) is 5.69 Å². The number of benzene rings is 1. The van der Waals surface area contributed by atoms with E-state index >= 15 is 0 Å². The number of fused-ring (bicyclic) bond motifs is 1. The molecule has 0 fully saturated rings. The van der Waals surface area contributed by atoms with E-state index in [2.05, 4.69) is 15.4 Å². The third-order valence-electron chi connectivity index (χ3n) is 5.30. The zero-order valence-electron chi connectivity index (χ0n) is 17.2. The number of amides is 1. The number of hydrogen-bond acceptors (Lipinski definition) is 5. The molecule has 1 aliphatic heterocycles. The minimum absolute atomic E-state index is 0.125. The zero-order chi connectivity index (χ0) is 21.1. The van der Waals surface area contributed by atoms with Crippen LogP contribution in [0.15, 0.2) is 41.3 Å². The number of aromatic nitrogens is 4. The van der Waals surface area contributed by atoms with Gasteiger partial charge in [-0.15, -0.1) is 0 Å². The minimum Gasteiger partial charge on any atom is -0.439 e. The number of carbonyl (C=O) groups excluding carboxylic acids is 1. The molecule has 0 unspecified atom stereocenters. The number of rotatable bonds is 5. The second-order valence-electron chi connectivity index (χ2n) is 7.60. The van der Waals surface area contributed by atoms with Gasteiger partial charge in [-0.2, -0.15) is 5.10 Å². The van der Waals surface area contributed by atoms with E-state index in [-0.39, 0.29) is 18.1 Å². The summed E-state index contributed by atoms with van der Waals surface area (Å²) in [4.78, 5) is 29.1. The third-order valence-corrected chi connectivity index (χ3v) is 5.30. The molecule has 0 saturated carbocycles. The SMILES string of the molecule is Cc1ccc(Oc2ccc(NC(=O)Cn3nc4n(c3=O)CCCCC4)cn2)cc1C. The summed E-state index contributed by atoms with van der Waals surface area (Å²) < 4.78 is 8.68. The van der Waals surface area contributed by atoms with E-state index in [0.717, 1.165) is 37.1 Å². The maximum Gasteiger partial charge on any atom is 0.346 e. The van der Waals surface area contributed by atoms with E-state index in [1.54, 1.807) is 16.7 Å². The highest BCUT2D eigenvalue weighted by Crippen LogP contribution is 2.23. The first-order chi connectivity index (χ1) is 14.5. The van der Waals surface area contributed by atoms with Crippen molar-refractivity contribution in [3.63, 3.8) is 0 Å². The van der Waals surface area contributed by atoms with Gasteiger partial charge in [-0.3, -0.25) is 9.36 Å². The van der Waals surface area contributed by atoms with Gasteiger partial charge < -0.3 is 10.1 Å². The summed E-state index contributed by atoms with van der Waals surface area (Å²) in [6, 6.07) is 9.25. The highest BCUT2D eigenvalue weighted by Gasteiger charge is 2.17. The molecule has 156 valence electrons. The number of aryl methyl sites for hydroxylation is 3. The van der Waals surface area contributed by atoms with Crippen LogP contribution >= 0.6 is 0 Å². The maximum atomic E-state index is 12.5. The molecular weight excluding hydrogens is 382 g/mol. The van der Waals surface area contributed by atoms with E-state index in [9.17, 15) is 9.59 Å². The molecule has 0 aliphatic carbocycles. The molecule has 1 aromatic carbocycles. The fourth-order valence-electron chi connectivity index (χ4n) is 3.48. The maximum absolute atomic E-state index is 12.5. The van der Waals surface area contributed by atoms with Crippen LogP contribution in [-0.2, 0) is 24.3 Å². The average molecular weight is 407 g/mol. The summed E-state index contributed by atoms with van der Waals surface area (Å²) in [5, 5.41) is 7.09. The lowest BCUT2D eigenvalue weighted by Gasteiger charge is -2.08. The highest BCUT2D eigenvalue weighted by molar-refractivity contribution is 5.90. The summed E-state index contributed by atoms with van der Waals surface area (Å²) in [6.07, 6.45) is 5.38. The molecule has 2 aromatic heterocycles. The summed E-state index contributed by atoms with van der Waals surface area (Å²) in [5.41, 5.74) is 2.64. The molecule has 4 rings (SSSR count). The lowest BCUT2D eigenvalue weighted by molar-refractivity contribution is -0.117. The normalized spacial score (nSPS) is 13.4. The minimum atomic E-state index is -0.324. The Morgan fingerprint density at radius 1 is 1.13 bits per heavy atom. The molecule has 0 bridgehead atoms. The number of hydrogen-bond donors (Lipinski definition) is 1. The van der Waals surface area contributed by atoms with Crippen molar-refractivity contribution in [2.75, 3.05) is 5.32 Å². The molecule has 8 heteroatoms. The van der Waals surface area contributed by atoms with Crippen LogP contribution in [0.5, 0.6) is 11.6 Å². The zero-order valence-corrected chi connectivity index (χ0v) is 17.2. The standard InChI is InChI=1S/C22H25N5O3/c1-15-7-9-18(12-16(15)2)30-21-10-8-17(13-23-21)24-20(28)14-27-22(29)26-11-5-3-4-6-19(26)25-27/h7-10,12-13H,3-6,11,14H2,1-2H3,(H,24,28). The van der Waals surface area contributed by atoms with E-state index in [0.29, 0.717) is 23.9 Å². The van der Waals surface area contributed by atoms with Crippen molar-refractivity contribution in [3.05, 3.63) is 64.0 Å². The fraction of sp³-hybridized carbons (Fsp3) is 0.364. The van der Waals surface area contributed by atoms with Crippen molar-refractivity contribution in [1.29, 1.82) is 0 Å². The van der Waals surface area contributed by atoms with Crippen molar-refractivity contribution in [2.24, 2.45) is 0 Å². The monoisotopic (exact) mass is 407 g/mol. The molecule has 0 saturated heterocycles. The number of ether oxygens (including phenoxy) is 1. The summed E-state index contributed by atoms with van der Waals surface area (Å²) in [5.74, 6) is 1.58. The van der Waals surface area contributed by atoms with Crippen molar-refractivity contribution >= 4 is 11.6 Å². The topological polar surface area (TPSA) is 91.0 Å². The van der Waals surface area contributed by atoms with Gasteiger partial charge in [-0.1, -0.05) is 12.5 Å². The largest absolute Gasteiger partial charge is 0.439 e. The molecule has 0 radical (unpaired) electrons. The smallest absolute Gasteiger partial charge is 0.346 e. The van der Waals surface area contributed by atoms with Crippen LogP contribution in [0.3, 0.4) is 0 Å². The van der Waals surface area contributed by atoms with Gasteiger partial charge in [0.2, 0.25) is 11.8 Å². The number of pyridine rings is 1. The van der Waals surface area contributed by atoms with Gasteiger partial charge in [0.15, 0.2) is 0 Å². The van der Waals surface area contributed by atoms with Crippen molar-refractivity contribution < 1.29 is 9.53 Å². The van der Waals surface area contributed by atoms with E-state index < -0.39 is 0 Å². The lowest BCUT2D eigenvalue weighted by Crippen LogP contribution is -2.30. The van der Waals surface area contributed by atoms with Gasteiger partial charge in [-0.05, 0) is 56.0 Å². The third kappa shape index (κ3) is 4.42. The van der Waals surface area contributed by atoms with Gasteiger partial charge in [0.05, 0.1) is 11.9 Å². The van der Waals surface area contributed by atoms with Crippen LogP contribution in [-0.4, -0.2) is 25.2 Å². The van der Waals surface area contributed by atoms with Crippen LogP contribution < -0.4 is 15.7 Å². The number of nitrogens with zero attached hydrogens (tertiary/aromatic N) is 4. The Morgan fingerprint density at radius 3 is 2.77 bits per heavy atom. The molecule has 1 amide bonds. The van der Waals surface area contributed by atoms with E-state index in [4.69, 9.17) is 4.74 Å². The van der Waals surface area contributed by atoms with Crippen LogP contribution in [0.25, 0.3) is 0 Å².